The molecule has 1 saturated heterocycles. The predicted molar refractivity (Wildman–Crippen MR) is 180 cm³/mol. The van der Waals surface area contributed by atoms with Crippen LogP contribution in [0.15, 0.2) is 60.7 Å². The van der Waals surface area contributed by atoms with E-state index in [4.69, 9.17) is 18.9 Å². The van der Waals surface area contributed by atoms with E-state index in [1.807, 2.05) is 0 Å². The van der Waals surface area contributed by atoms with Crippen LogP contribution in [0.4, 0.5) is 35.3 Å². The van der Waals surface area contributed by atoms with Crippen molar-refractivity contribution in [1.82, 2.24) is 19.8 Å². The van der Waals surface area contributed by atoms with E-state index in [0.29, 0.717) is 36.4 Å². The van der Waals surface area contributed by atoms with Gasteiger partial charge >= 0.3 is 6.09 Å². The average Bonchev–Trinajstić information content (AvgIpc) is 3.09. The summed E-state index contributed by atoms with van der Waals surface area (Å²) in [5.41, 5.74) is 0.281. The lowest BCUT2D eigenvalue weighted by atomic mass is 10.1. The fourth-order valence-corrected chi connectivity index (χ4v) is 5.30. The molecule has 2 heterocycles. The number of hydrogen-bond acceptors (Lipinski definition) is 10. The van der Waals surface area contributed by atoms with E-state index in [1.165, 1.54) is 56.5 Å². The summed E-state index contributed by atoms with van der Waals surface area (Å²) in [4.78, 5) is 27.7. The molecule has 5 rings (SSSR count). The molecule has 0 radical (unpaired) electrons. The SMILES string of the molecule is COc1ccc(OC)c(N(C)C(=O)Oc2cc(-c3cccc(F)c3F)nc(Nc3ccc(OCCN4CCN(C(C)C)CC4)c(F)c3)n2)c1. The third kappa shape index (κ3) is 8.69. The molecule has 0 saturated carbocycles. The minimum atomic E-state index is -1.16. The first-order valence-electron chi connectivity index (χ1n) is 15.7. The van der Waals surface area contributed by atoms with E-state index in [0.717, 1.165) is 32.2 Å². The monoisotopic (exact) mass is 680 g/mol. The first-order chi connectivity index (χ1) is 23.6. The molecule has 0 bridgehead atoms. The van der Waals surface area contributed by atoms with Crippen molar-refractivity contribution in [3.8, 4) is 34.4 Å². The zero-order valence-corrected chi connectivity index (χ0v) is 28.0. The summed E-state index contributed by atoms with van der Waals surface area (Å²) in [7, 11) is 4.38. The number of nitrogens with zero attached hydrogens (tertiary/aromatic N) is 5. The fourth-order valence-electron chi connectivity index (χ4n) is 5.30. The van der Waals surface area contributed by atoms with Crippen molar-refractivity contribution < 1.29 is 36.9 Å². The van der Waals surface area contributed by atoms with E-state index in [2.05, 4.69) is 38.9 Å². The maximum atomic E-state index is 15.1. The highest BCUT2D eigenvalue weighted by atomic mass is 19.2. The minimum absolute atomic E-state index is 0.0773. The molecule has 11 nitrogen and oxygen atoms in total. The van der Waals surface area contributed by atoms with Crippen LogP contribution in [0.3, 0.4) is 0 Å². The number of piperazine rings is 1. The zero-order valence-electron chi connectivity index (χ0n) is 28.0. The van der Waals surface area contributed by atoms with Crippen LogP contribution in [0.2, 0.25) is 0 Å². The van der Waals surface area contributed by atoms with Crippen molar-refractivity contribution in [2.24, 2.45) is 0 Å². The zero-order chi connectivity index (χ0) is 35.1. The summed E-state index contributed by atoms with van der Waals surface area (Å²) >= 11 is 0. The van der Waals surface area contributed by atoms with Gasteiger partial charge in [-0.05, 0) is 50.2 Å². The highest BCUT2D eigenvalue weighted by Gasteiger charge is 2.22. The standard InChI is InChI=1S/C35H39F3N6O5/c1-22(2)44-15-13-43(14-16-44)17-18-48-30-11-9-23(19-27(30)37)39-34-40-28(25-7-6-8-26(36)33(25)38)21-32(41-34)49-35(45)42(3)29-20-24(46-4)10-12-31(29)47-5/h6-12,19-22H,13-18H2,1-5H3,(H,39,40,41). The Kier molecular flexibility index (Phi) is 11.4. The van der Waals surface area contributed by atoms with E-state index in [1.54, 1.807) is 24.3 Å². The van der Waals surface area contributed by atoms with Crippen molar-refractivity contribution in [2.45, 2.75) is 19.9 Å². The number of carbonyl (C=O) groups excluding carboxylic acids is 1. The second-order valence-corrected chi connectivity index (χ2v) is 11.6. The summed E-state index contributed by atoms with van der Waals surface area (Å²) in [5.74, 6) is -2.41. The lowest BCUT2D eigenvalue weighted by Crippen LogP contribution is -2.49. The van der Waals surface area contributed by atoms with E-state index >= 15 is 4.39 Å². The van der Waals surface area contributed by atoms with Crippen LogP contribution in [0.5, 0.6) is 23.1 Å². The summed E-state index contributed by atoms with van der Waals surface area (Å²) in [6.45, 7) is 9.17. The van der Waals surface area contributed by atoms with Crippen LogP contribution in [0.25, 0.3) is 11.3 Å². The maximum Gasteiger partial charge on any atom is 0.420 e. The van der Waals surface area contributed by atoms with Gasteiger partial charge in [-0.3, -0.25) is 14.7 Å². The van der Waals surface area contributed by atoms with E-state index in [-0.39, 0.29) is 34.5 Å². The number of methoxy groups -OCH3 is 2. The molecule has 0 unspecified atom stereocenters. The molecule has 1 aromatic heterocycles. The summed E-state index contributed by atoms with van der Waals surface area (Å²) in [5, 5.41) is 2.86. The Labute approximate surface area is 283 Å². The molecule has 1 N–H and O–H groups in total. The molecule has 1 aliphatic heterocycles. The van der Waals surface area contributed by atoms with Crippen LogP contribution in [0.1, 0.15) is 13.8 Å². The van der Waals surface area contributed by atoms with Crippen molar-refractivity contribution >= 4 is 23.4 Å². The van der Waals surface area contributed by atoms with Gasteiger partial charge in [-0.15, -0.1) is 0 Å². The van der Waals surface area contributed by atoms with Gasteiger partial charge < -0.3 is 24.3 Å². The van der Waals surface area contributed by atoms with Crippen LogP contribution >= 0.6 is 0 Å². The number of nitrogens with one attached hydrogen (secondary N) is 1. The lowest BCUT2D eigenvalue weighted by Gasteiger charge is -2.36. The van der Waals surface area contributed by atoms with Gasteiger partial charge in [0.2, 0.25) is 11.8 Å². The molecule has 3 aromatic carbocycles. The molecular weight excluding hydrogens is 641 g/mol. The van der Waals surface area contributed by atoms with Gasteiger partial charge in [0.05, 0.1) is 25.6 Å². The number of anilines is 3. The Morgan fingerprint density at radius 2 is 1.67 bits per heavy atom. The number of halogens is 3. The molecule has 1 aliphatic rings. The Morgan fingerprint density at radius 1 is 0.918 bits per heavy atom. The van der Waals surface area contributed by atoms with Crippen molar-refractivity contribution in [2.75, 3.05) is 70.8 Å². The van der Waals surface area contributed by atoms with Gasteiger partial charge in [-0.25, -0.2) is 22.9 Å². The van der Waals surface area contributed by atoms with E-state index < -0.39 is 23.5 Å². The summed E-state index contributed by atoms with van der Waals surface area (Å²) in [6, 6.07) is 14.4. The topological polar surface area (TPSA) is 102 Å². The normalized spacial score (nSPS) is 13.7. The Hall–Kier alpha value is -5.08. The first kappa shape index (κ1) is 35.2. The number of rotatable bonds is 12. The van der Waals surface area contributed by atoms with Gasteiger partial charge in [-0.2, -0.15) is 4.98 Å². The maximum absolute atomic E-state index is 15.1. The number of ether oxygens (including phenoxy) is 4. The van der Waals surface area contributed by atoms with Crippen molar-refractivity contribution in [3.05, 3.63) is 78.1 Å². The van der Waals surface area contributed by atoms with Gasteiger partial charge in [0.15, 0.2) is 23.2 Å². The highest BCUT2D eigenvalue weighted by Crippen LogP contribution is 2.33. The predicted octanol–water partition coefficient (Wildman–Crippen LogP) is 6.36. The van der Waals surface area contributed by atoms with Crippen LogP contribution in [0, 0.1) is 17.5 Å². The van der Waals surface area contributed by atoms with Gasteiger partial charge in [0, 0.05) is 75.3 Å². The largest absolute Gasteiger partial charge is 0.497 e. The van der Waals surface area contributed by atoms with Gasteiger partial charge in [0.1, 0.15) is 18.1 Å². The first-order valence-corrected chi connectivity index (χ1v) is 15.7. The molecule has 0 spiro atoms. The number of amides is 1. The highest BCUT2D eigenvalue weighted by molar-refractivity contribution is 5.90. The summed E-state index contributed by atoms with van der Waals surface area (Å²) < 4.78 is 66.0. The van der Waals surface area contributed by atoms with Crippen molar-refractivity contribution in [3.63, 3.8) is 0 Å². The number of carbonyl (C=O) groups is 1. The number of hydrogen-bond donors (Lipinski definition) is 1. The van der Waals surface area contributed by atoms with Gasteiger partial charge in [-0.1, -0.05) is 6.07 Å². The quantitative estimate of drug-likeness (QED) is 0.182. The minimum Gasteiger partial charge on any atom is -0.497 e. The van der Waals surface area contributed by atoms with Crippen LogP contribution in [-0.4, -0.2) is 92.5 Å². The average molecular weight is 681 g/mol. The van der Waals surface area contributed by atoms with E-state index in [9.17, 15) is 13.6 Å². The molecule has 0 atom stereocenters. The molecular formula is C35H39F3N6O5. The van der Waals surface area contributed by atoms with Gasteiger partial charge in [0.25, 0.3) is 0 Å². The molecule has 14 heteroatoms. The van der Waals surface area contributed by atoms with Crippen LogP contribution in [-0.2, 0) is 0 Å². The summed E-state index contributed by atoms with van der Waals surface area (Å²) in [6.07, 6.45) is -0.879. The van der Waals surface area contributed by atoms with Crippen LogP contribution < -0.4 is 29.2 Å². The Balaban J connectivity index is 1.33. The second kappa shape index (κ2) is 15.9. The molecule has 1 amide bonds. The number of aromatic nitrogens is 2. The Bertz CT molecular complexity index is 1770. The number of benzene rings is 3. The smallest absolute Gasteiger partial charge is 0.420 e. The fraction of sp³-hybridized carbons (Fsp3) is 0.343. The molecule has 4 aromatic rings. The third-order valence-electron chi connectivity index (χ3n) is 8.13. The Morgan fingerprint density at radius 3 is 2.37 bits per heavy atom. The molecule has 49 heavy (non-hydrogen) atoms. The second-order valence-electron chi connectivity index (χ2n) is 11.6. The van der Waals surface area contributed by atoms with Crippen molar-refractivity contribution in [1.29, 1.82) is 0 Å². The molecule has 0 aliphatic carbocycles. The lowest BCUT2D eigenvalue weighted by molar-refractivity contribution is 0.0965. The molecule has 1 fully saturated rings. The third-order valence-corrected chi connectivity index (χ3v) is 8.13. The molecule has 260 valence electrons.